The topological polar surface area (TPSA) is 46.2 Å². The lowest BCUT2D eigenvalue weighted by molar-refractivity contribution is 0.366. The first kappa shape index (κ1) is 12.4. The Balaban J connectivity index is 1.78. The first-order valence-corrected chi connectivity index (χ1v) is 8.34. The molecule has 0 aliphatic heterocycles. The molecule has 0 bridgehead atoms. The van der Waals surface area contributed by atoms with Crippen molar-refractivity contribution in [3.63, 3.8) is 0 Å². The van der Waals surface area contributed by atoms with Crippen LogP contribution in [-0.2, 0) is 9.84 Å². The van der Waals surface area contributed by atoms with Gasteiger partial charge in [-0.05, 0) is 44.1 Å². The summed E-state index contributed by atoms with van der Waals surface area (Å²) in [5.41, 5.74) is 0. The van der Waals surface area contributed by atoms with E-state index in [2.05, 4.69) is 12.2 Å². The van der Waals surface area contributed by atoms with E-state index in [1.807, 2.05) is 0 Å². The van der Waals surface area contributed by atoms with Crippen molar-refractivity contribution in [3.05, 3.63) is 0 Å². The van der Waals surface area contributed by atoms with Crippen molar-refractivity contribution < 1.29 is 8.42 Å². The van der Waals surface area contributed by atoms with Crippen LogP contribution < -0.4 is 5.32 Å². The molecule has 0 heterocycles. The van der Waals surface area contributed by atoms with Crippen molar-refractivity contribution in [2.45, 2.75) is 50.3 Å². The van der Waals surface area contributed by atoms with Gasteiger partial charge < -0.3 is 5.32 Å². The van der Waals surface area contributed by atoms with Gasteiger partial charge in [0.2, 0.25) is 0 Å². The molecular formula is C12H23NO2S. The molecule has 2 aliphatic rings. The summed E-state index contributed by atoms with van der Waals surface area (Å²) in [6.07, 6.45) is 6.59. The quantitative estimate of drug-likeness (QED) is 0.818. The second kappa shape index (κ2) is 4.65. The van der Waals surface area contributed by atoms with Crippen molar-refractivity contribution in [2.75, 3.05) is 12.8 Å². The van der Waals surface area contributed by atoms with E-state index < -0.39 is 9.84 Å². The molecule has 4 atom stereocenters. The average Bonchev–Trinajstić information content (AvgIpc) is 2.91. The van der Waals surface area contributed by atoms with Crippen LogP contribution in [0.1, 0.15) is 39.0 Å². The Bertz CT molecular complexity index is 339. The van der Waals surface area contributed by atoms with Gasteiger partial charge in [0.25, 0.3) is 0 Å². The third-order valence-electron chi connectivity index (χ3n) is 4.18. The molecule has 0 amide bonds. The fourth-order valence-electron chi connectivity index (χ4n) is 2.72. The predicted molar refractivity (Wildman–Crippen MR) is 66.2 cm³/mol. The van der Waals surface area contributed by atoms with Crippen molar-refractivity contribution in [1.29, 1.82) is 0 Å². The van der Waals surface area contributed by atoms with E-state index in [0.717, 1.165) is 44.1 Å². The lowest BCUT2D eigenvalue weighted by Crippen LogP contribution is -2.39. The largest absolute Gasteiger partial charge is 0.314 e. The van der Waals surface area contributed by atoms with E-state index in [1.54, 1.807) is 0 Å². The van der Waals surface area contributed by atoms with Gasteiger partial charge >= 0.3 is 0 Å². The zero-order valence-electron chi connectivity index (χ0n) is 10.3. The predicted octanol–water partition coefficient (Wildman–Crippen LogP) is 1.59. The van der Waals surface area contributed by atoms with E-state index in [4.69, 9.17) is 0 Å². The molecule has 0 saturated heterocycles. The smallest absolute Gasteiger partial charge is 0.150 e. The van der Waals surface area contributed by atoms with Gasteiger partial charge in [-0.15, -0.1) is 0 Å². The Morgan fingerprint density at radius 3 is 2.50 bits per heavy atom. The minimum absolute atomic E-state index is 0.102. The highest BCUT2D eigenvalue weighted by Gasteiger charge is 2.34. The minimum Gasteiger partial charge on any atom is -0.314 e. The first-order valence-electron chi connectivity index (χ1n) is 6.39. The normalized spacial score (nSPS) is 39.6. The standard InChI is InChI=1S/C12H23NO2S/c1-9-6-10(9)8-13-11-4-3-5-12(7-11)16(2,14)15/h9-13H,3-8H2,1-2H3. The fraction of sp³-hybridized carbons (Fsp3) is 1.00. The zero-order chi connectivity index (χ0) is 11.8. The van der Waals surface area contributed by atoms with Crippen molar-refractivity contribution in [2.24, 2.45) is 11.8 Å². The summed E-state index contributed by atoms with van der Waals surface area (Å²) in [7, 11) is -2.83. The lowest BCUT2D eigenvalue weighted by Gasteiger charge is -2.28. The van der Waals surface area contributed by atoms with E-state index in [9.17, 15) is 8.42 Å². The molecule has 4 heteroatoms. The molecule has 3 nitrogen and oxygen atoms in total. The third kappa shape index (κ3) is 3.20. The summed E-state index contributed by atoms with van der Waals surface area (Å²) in [5.74, 6) is 1.72. The molecule has 2 fully saturated rings. The van der Waals surface area contributed by atoms with E-state index in [1.165, 1.54) is 12.7 Å². The average molecular weight is 245 g/mol. The monoisotopic (exact) mass is 245 g/mol. The van der Waals surface area contributed by atoms with Crippen LogP contribution in [0.5, 0.6) is 0 Å². The first-order chi connectivity index (χ1) is 7.47. The Kier molecular flexibility index (Phi) is 3.59. The van der Waals surface area contributed by atoms with E-state index in [0.29, 0.717) is 6.04 Å². The number of nitrogens with one attached hydrogen (secondary N) is 1. The summed E-state index contributed by atoms with van der Waals surface area (Å²) in [4.78, 5) is 0. The molecule has 1 N–H and O–H groups in total. The van der Waals surface area contributed by atoms with Gasteiger partial charge in [0.15, 0.2) is 0 Å². The van der Waals surface area contributed by atoms with Crippen LogP contribution in [0, 0.1) is 11.8 Å². The maximum Gasteiger partial charge on any atom is 0.150 e. The van der Waals surface area contributed by atoms with E-state index in [-0.39, 0.29) is 5.25 Å². The molecule has 94 valence electrons. The summed E-state index contributed by atoms with van der Waals surface area (Å²) >= 11 is 0. The Hall–Kier alpha value is -0.0900. The number of rotatable bonds is 4. The lowest BCUT2D eigenvalue weighted by atomic mass is 9.95. The SMILES string of the molecule is CC1CC1CNC1CCCC(S(C)(=O)=O)C1. The summed E-state index contributed by atoms with van der Waals surface area (Å²) in [5, 5.41) is 3.45. The highest BCUT2D eigenvalue weighted by molar-refractivity contribution is 7.91. The van der Waals surface area contributed by atoms with Gasteiger partial charge in [-0.25, -0.2) is 8.42 Å². The van der Waals surface area contributed by atoms with Gasteiger partial charge in [-0.1, -0.05) is 13.3 Å². The summed E-state index contributed by atoms with van der Waals surface area (Å²) in [6.45, 7) is 3.37. The van der Waals surface area contributed by atoms with Gasteiger partial charge in [-0.2, -0.15) is 0 Å². The second-order valence-electron chi connectivity index (χ2n) is 5.70. The molecule has 0 aromatic heterocycles. The second-order valence-corrected chi connectivity index (χ2v) is 8.02. The van der Waals surface area contributed by atoms with Crippen LogP contribution in [0.3, 0.4) is 0 Å². The molecule has 4 unspecified atom stereocenters. The van der Waals surface area contributed by atoms with Gasteiger partial charge in [0.1, 0.15) is 9.84 Å². The minimum atomic E-state index is -2.83. The molecule has 0 spiro atoms. The highest BCUT2D eigenvalue weighted by atomic mass is 32.2. The number of hydrogen-bond donors (Lipinski definition) is 1. The Morgan fingerprint density at radius 2 is 1.94 bits per heavy atom. The van der Waals surface area contributed by atoms with Gasteiger partial charge in [0.05, 0.1) is 5.25 Å². The number of sulfone groups is 1. The molecule has 0 aromatic carbocycles. The van der Waals surface area contributed by atoms with Crippen LogP contribution in [0.2, 0.25) is 0 Å². The van der Waals surface area contributed by atoms with Gasteiger partial charge in [0, 0.05) is 12.3 Å². The summed E-state index contributed by atoms with van der Waals surface area (Å²) in [6, 6.07) is 0.432. The number of hydrogen-bond acceptors (Lipinski definition) is 3. The third-order valence-corrected chi connectivity index (χ3v) is 5.82. The van der Waals surface area contributed by atoms with Crippen LogP contribution in [-0.4, -0.2) is 32.5 Å². The molecular weight excluding hydrogens is 222 g/mol. The Morgan fingerprint density at radius 1 is 1.25 bits per heavy atom. The van der Waals surface area contributed by atoms with Crippen LogP contribution in [0.25, 0.3) is 0 Å². The molecule has 0 aromatic rings. The molecule has 2 rings (SSSR count). The Labute approximate surface area is 98.9 Å². The van der Waals surface area contributed by atoms with Gasteiger partial charge in [-0.3, -0.25) is 0 Å². The van der Waals surface area contributed by atoms with Crippen molar-refractivity contribution in [3.8, 4) is 0 Å². The van der Waals surface area contributed by atoms with Crippen LogP contribution >= 0.6 is 0 Å². The fourth-order valence-corrected chi connectivity index (χ4v) is 3.90. The van der Waals surface area contributed by atoms with E-state index >= 15 is 0 Å². The zero-order valence-corrected chi connectivity index (χ0v) is 11.1. The molecule has 2 saturated carbocycles. The van der Waals surface area contributed by atoms with Crippen LogP contribution in [0.15, 0.2) is 0 Å². The summed E-state index contributed by atoms with van der Waals surface area (Å²) < 4.78 is 23.0. The molecule has 0 radical (unpaired) electrons. The van der Waals surface area contributed by atoms with Crippen LogP contribution in [0.4, 0.5) is 0 Å². The maximum absolute atomic E-state index is 11.5. The highest BCUT2D eigenvalue weighted by Crippen LogP contribution is 2.37. The maximum atomic E-state index is 11.5. The molecule has 2 aliphatic carbocycles. The van der Waals surface area contributed by atoms with Crippen molar-refractivity contribution >= 4 is 9.84 Å². The van der Waals surface area contributed by atoms with Crippen molar-refractivity contribution in [1.82, 2.24) is 5.32 Å². The molecule has 16 heavy (non-hydrogen) atoms.